The summed E-state index contributed by atoms with van der Waals surface area (Å²) in [6, 6.07) is 11.8. The third-order valence-electron chi connectivity index (χ3n) is 5.81. The number of Topliss-reactive ketones (excluding diaryl/α,β-unsaturated/α-hetero) is 1. The van der Waals surface area contributed by atoms with Crippen LogP contribution in [0.5, 0.6) is 5.75 Å². The highest BCUT2D eigenvalue weighted by molar-refractivity contribution is 6.12. The van der Waals surface area contributed by atoms with Crippen LogP contribution >= 0.6 is 0 Å². The van der Waals surface area contributed by atoms with E-state index < -0.39 is 18.3 Å². The summed E-state index contributed by atoms with van der Waals surface area (Å²) < 4.78 is 41.8. The van der Waals surface area contributed by atoms with Gasteiger partial charge in [-0.2, -0.15) is 0 Å². The number of aliphatic imine (C=N–C) groups is 1. The lowest BCUT2D eigenvalue weighted by molar-refractivity contribution is -0.274. The predicted octanol–water partition coefficient (Wildman–Crippen LogP) is 5.77. The molecule has 1 saturated carbocycles. The summed E-state index contributed by atoms with van der Waals surface area (Å²) in [5.41, 5.74) is 2.10. The number of alkyl halides is 3. The van der Waals surface area contributed by atoms with Gasteiger partial charge in [-0.25, -0.2) is 0 Å². The van der Waals surface area contributed by atoms with Crippen molar-refractivity contribution in [3.63, 3.8) is 0 Å². The quantitative estimate of drug-likeness (QED) is 0.591. The van der Waals surface area contributed by atoms with Crippen molar-refractivity contribution in [1.29, 1.82) is 0 Å². The molecule has 1 heterocycles. The first-order valence-corrected chi connectivity index (χ1v) is 10.3. The molecule has 8 heteroatoms. The molecule has 0 spiro atoms. The topological polar surface area (TPSA) is 59.0 Å². The van der Waals surface area contributed by atoms with E-state index >= 15 is 0 Å². The molecular weight excluding hydrogens is 421 g/mol. The molecule has 1 aliphatic heterocycles. The van der Waals surface area contributed by atoms with Crippen LogP contribution in [0.15, 0.2) is 53.5 Å². The molecule has 2 aliphatic rings. The molecule has 2 aromatic carbocycles. The van der Waals surface area contributed by atoms with Gasteiger partial charge in [-0.15, -0.1) is 13.2 Å². The maximum absolute atomic E-state index is 13.4. The normalized spacial score (nSPS) is 22.4. The Hall–Kier alpha value is -3.16. The van der Waals surface area contributed by atoms with Gasteiger partial charge in [-0.05, 0) is 41.7 Å². The number of halogens is 3. The molecule has 4 rings (SSSR count). The Labute approximate surface area is 183 Å². The van der Waals surface area contributed by atoms with E-state index in [2.05, 4.69) is 4.74 Å². The molecule has 168 valence electrons. The van der Waals surface area contributed by atoms with Crippen LogP contribution in [0.2, 0.25) is 0 Å². The Morgan fingerprint density at radius 1 is 1.09 bits per heavy atom. The summed E-state index contributed by atoms with van der Waals surface area (Å²) in [6.45, 7) is 5.41. The highest BCUT2D eigenvalue weighted by atomic mass is 19.4. The number of para-hydroxylation sites is 2. The summed E-state index contributed by atoms with van der Waals surface area (Å²) in [5.74, 6) is -1.38. The third kappa shape index (κ3) is 4.26. The summed E-state index contributed by atoms with van der Waals surface area (Å²) in [7, 11) is 0. The lowest BCUT2D eigenvalue weighted by Crippen LogP contribution is -2.46. The Balaban J connectivity index is 1.87. The number of nitrogens with zero attached hydrogens (tertiary/aromatic N) is 2. The molecule has 2 atom stereocenters. The van der Waals surface area contributed by atoms with Gasteiger partial charge < -0.3 is 9.64 Å². The maximum Gasteiger partial charge on any atom is 0.573 e. The van der Waals surface area contributed by atoms with Crippen LogP contribution in [-0.2, 0) is 9.59 Å². The number of rotatable bonds is 2. The van der Waals surface area contributed by atoms with E-state index in [1.807, 2.05) is 19.9 Å². The summed E-state index contributed by atoms with van der Waals surface area (Å²) >= 11 is 0. The summed E-state index contributed by atoms with van der Waals surface area (Å²) in [4.78, 5) is 32.6. The molecule has 1 aliphatic carbocycles. The van der Waals surface area contributed by atoms with Crippen molar-refractivity contribution in [3.8, 4) is 5.75 Å². The van der Waals surface area contributed by atoms with E-state index in [0.717, 1.165) is 0 Å². The number of ether oxygens (including phenoxy) is 1. The van der Waals surface area contributed by atoms with E-state index in [1.165, 1.54) is 36.1 Å². The number of hydrogen-bond donors (Lipinski definition) is 0. The van der Waals surface area contributed by atoms with Crippen molar-refractivity contribution < 1.29 is 27.5 Å². The fourth-order valence-electron chi connectivity index (χ4n) is 4.69. The minimum absolute atomic E-state index is 0.0420. The second kappa shape index (κ2) is 7.76. The Bertz CT molecular complexity index is 1090. The van der Waals surface area contributed by atoms with Crippen LogP contribution in [0.1, 0.15) is 45.2 Å². The van der Waals surface area contributed by atoms with Gasteiger partial charge in [0.2, 0.25) is 5.91 Å². The SMILES string of the molecule is CC(=O)N1c2ccccc2N=C2CC(C)(C)CC(=O)C2C1c1ccc(OC(F)(F)F)cc1. The minimum Gasteiger partial charge on any atom is -0.406 e. The second-order valence-electron chi connectivity index (χ2n) is 9.00. The molecule has 0 radical (unpaired) electrons. The van der Waals surface area contributed by atoms with E-state index in [1.54, 1.807) is 18.2 Å². The molecule has 0 N–H and O–H groups in total. The van der Waals surface area contributed by atoms with Gasteiger partial charge in [0.05, 0.1) is 23.3 Å². The van der Waals surface area contributed by atoms with Crippen molar-refractivity contribution in [1.82, 2.24) is 0 Å². The molecule has 2 aromatic rings. The lowest BCUT2D eigenvalue weighted by atomic mass is 9.68. The predicted molar refractivity (Wildman–Crippen MR) is 114 cm³/mol. The Morgan fingerprint density at radius 3 is 2.38 bits per heavy atom. The second-order valence-corrected chi connectivity index (χ2v) is 9.00. The molecule has 0 aromatic heterocycles. The average molecular weight is 444 g/mol. The first-order chi connectivity index (χ1) is 15.0. The Morgan fingerprint density at radius 2 is 1.75 bits per heavy atom. The van der Waals surface area contributed by atoms with Crippen LogP contribution in [0.25, 0.3) is 0 Å². The first kappa shape index (κ1) is 22.0. The third-order valence-corrected chi connectivity index (χ3v) is 5.81. The van der Waals surface area contributed by atoms with Crippen LogP contribution in [0.4, 0.5) is 24.5 Å². The molecule has 2 unspecified atom stereocenters. The van der Waals surface area contributed by atoms with Crippen molar-refractivity contribution >= 4 is 28.8 Å². The van der Waals surface area contributed by atoms with Gasteiger partial charge in [-0.3, -0.25) is 14.6 Å². The number of carbonyl (C=O) groups excluding carboxylic acids is 2. The van der Waals surface area contributed by atoms with E-state index in [0.29, 0.717) is 35.5 Å². The zero-order valence-electron chi connectivity index (χ0n) is 17.9. The zero-order chi connectivity index (χ0) is 23.3. The highest BCUT2D eigenvalue weighted by Gasteiger charge is 2.47. The molecule has 0 bridgehead atoms. The molecular formula is C24H23F3N2O3. The van der Waals surface area contributed by atoms with E-state index in [4.69, 9.17) is 4.99 Å². The van der Waals surface area contributed by atoms with Gasteiger partial charge in [-0.1, -0.05) is 38.1 Å². The number of amides is 1. The van der Waals surface area contributed by atoms with Crippen molar-refractivity contribution in [3.05, 3.63) is 54.1 Å². The fraction of sp³-hybridized carbons (Fsp3) is 0.375. The lowest BCUT2D eigenvalue weighted by Gasteiger charge is -2.40. The van der Waals surface area contributed by atoms with Crippen molar-refractivity contribution in [2.45, 2.75) is 46.0 Å². The van der Waals surface area contributed by atoms with Gasteiger partial charge in [0.25, 0.3) is 0 Å². The van der Waals surface area contributed by atoms with Crippen LogP contribution < -0.4 is 9.64 Å². The summed E-state index contributed by atoms with van der Waals surface area (Å²) in [6.07, 6.45) is -3.90. The monoisotopic (exact) mass is 444 g/mol. The maximum atomic E-state index is 13.4. The number of hydrogen-bond acceptors (Lipinski definition) is 4. The number of ketones is 1. The number of anilines is 1. The minimum atomic E-state index is -4.81. The van der Waals surface area contributed by atoms with Gasteiger partial charge in [0, 0.05) is 19.1 Å². The number of benzene rings is 2. The van der Waals surface area contributed by atoms with Gasteiger partial charge in [0.15, 0.2) is 0 Å². The van der Waals surface area contributed by atoms with Crippen LogP contribution in [0.3, 0.4) is 0 Å². The van der Waals surface area contributed by atoms with E-state index in [-0.39, 0.29) is 22.9 Å². The van der Waals surface area contributed by atoms with Gasteiger partial charge in [0.1, 0.15) is 11.5 Å². The average Bonchev–Trinajstić information content (AvgIpc) is 2.80. The smallest absolute Gasteiger partial charge is 0.406 e. The fourth-order valence-corrected chi connectivity index (χ4v) is 4.69. The highest BCUT2D eigenvalue weighted by Crippen LogP contribution is 2.48. The largest absolute Gasteiger partial charge is 0.573 e. The molecule has 0 saturated heterocycles. The van der Waals surface area contributed by atoms with Gasteiger partial charge >= 0.3 is 6.36 Å². The number of carbonyl (C=O) groups is 2. The Kier molecular flexibility index (Phi) is 5.35. The van der Waals surface area contributed by atoms with Crippen LogP contribution in [0, 0.1) is 11.3 Å². The van der Waals surface area contributed by atoms with Crippen molar-refractivity contribution in [2.75, 3.05) is 4.90 Å². The number of fused-ring (bicyclic) bond motifs is 2. The molecule has 32 heavy (non-hydrogen) atoms. The van der Waals surface area contributed by atoms with Crippen LogP contribution in [-0.4, -0.2) is 23.8 Å². The van der Waals surface area contributed by atoms with E-state index in [9.17, 15) is 22.8 Å². The zero-order valence-corrected chi connectivity index (χ0v) is 17.9. The molecule has 1 amide bonds. The standard InChI is InChI=1S/C24H23F3N2O3/c1-14(30)29-19-7-5-4-6-17(19)28-18-12-23(2,3)13-20(31)21(18)22(29)15-8-10-16(11-9-15)32-24(25,26)27/h4-11,21-22H,12-13H2,1-3H3. The molecule has 1 fully saturated rings. The molecule has 5 nitrogen and oxygen atoms in total. The van der Waals surface area contributed by atoms with Crippen molar-refractivity contribution in [2.24, 2.45) is 16.3 Å². The summed E-state index contributed by atoms with van der Waals surface area (Å²) in [5, 5.41) is 0. The first-order valence-electron chi connectivity index (χ1n) is 10.3.